The fourth-order valence-corrected chi connectivity index (χ4v) is 4.64. The molecule has 2 amide bonds. The number of amides is 2. The molecule has 2 heterocycles. The number of hydrogen-bond acceptors (Lipinski definition) is 5. The quantitative estimate of drug-likeness (QED) is 0.336. The Labute approximate surface area is 223 Å². The van der Waals surface area contributed by atoms with Gasteiger partial charge in [0.2, 0.25) is 0 Å². The second kappa shape index (κ2) is 10.6. The van der Waals surface area contributed by atoms with E-state index in [1.54, 1.807) is 29.3 Å². The first-order valence-corrected chi connectivity index (χ1v) is 12.2. The lowest BCUT2D eigenvalue weighted by Gasteiger charge is -2.36. The number of benzene rings is 3. The van der Waals surface area contributed by atoms with Crippen molar-refractivity contribution < 1.29 is 29.4 Å². The third-order valence-electron chi connectivity index (χ3n) is 6.54. The molecule has 0 radical (unpaired) electrons. The lowest BCUT2D eigenvalue weighted by atomic mass is 10.0. The molecule has 0 fully saturated rings. The molecule has 3 aromatic carbocycles. The van der Waals surface area contributed by atoms with Crippen molar-refractivity contribution in [3.8, 4) is 0 Å². The van der Waals surface area contributed by atoms with Gasteiger partial charge in [-0.1, -0.05) is 48.5 Å². The molecule has 0 saturated heterocycles. The Balaban J connectivity index is 1.43. The molecule has 39 heavy (non-hydrogen) atoms. The van der Waals surface area contributed by atoms with Crippen molar-refractivity contribution >= 4 is 23.8 Å². The van der Waals surface area contributed by atoms with Gasteiger partial charge in [0.15, 0.2) is 0 Å². The molecule has 3 N–H and O–H groups in total. The molecule has 10 heteroatoms. The minimum absolute atomic E-state index is 0.0171. The maximum atomic E-state index is 13.6. The molecular formula is C29H24N4O6. The topological polar surface area (TPSA) is 142 Å². The molecule has 1 aromatic heterocycles. The molecule has 0 aliphatic carbocycles. The van der Waals surface area contributed by atoms with Crippen molar-refractivity contribution in [2.75, 3.05) is 6.54 Å². The molecule has 0 bridgehead atoms. The summed E-state index contributed by atoms with van der Waals surface area (Å²) in [4.78, 5) is 55.5. The Kier molecular flexibility index (Phi) is 6.92. The standard InChI is InChI=1S/C29H24N4O6/c34-26(30-16-18-6-4-10-21(14-18)28(36)37)23-17-32-12-13-33(24(25(32)31-23)19-7-2-1-3-8-19)27(35)20-9-5-11-22(15-20)29(38)39/h1-11,14-15,17,24H,12-13,16H2,(H,30,34)(H,36,37)(H,38,39). The van der Waals surface area contributed by atoms with Gasteiger partial charge in [-0.3, -0.25) is 9.59 Å². The third kappa shape index (κ3) is 5.26. The van der Waals surface area contributed by atoms with E-state index in [9.17, 15) is 29.4 Å². The maximum absolute atomic E-state index is 13.6. The van der Waals surface area contributed by atoms with Gasteiger partial charge in [0.25, 0.3) is 11.8 Å². The smallest absolute Gasteiger partial charge is 0.335 e. The minimum atomic E-state index is -1.12. The van der Waals surface area contributed by atoms with Crippen LogP contribution in [0.5, 0.6) is 0 Å². The molecule has 1 unspecified atom stereocenters. The Morgan fingerprint density at radius 3 is 2.21 bits per heavy atom. The molecule has 196 valence electrons. The van der Waals surface area contributed by atoms with Crippen LogP contribution in [0.15, 0.2) is 85.1 Å². The summed E-state index contributed by atoms with van der Waals surface area (Å²) in [5.41, 5.74) is 1.99. The summed E-state index contributed by atoms with van der Waals surface area (Å²) in [5, 5.41) is 21.3. The number of aromatic nitrogens is 2. The van der Waals surface area contributed by atoms with Crippen molar-refractivity contribution in [1.82, 2.24) is 19.8 Å². The van der Waals surface area contributed by atoms with E-state index in [0.717, 1.165) is 5.56 Å². The van der Waals surface area contributed by atoms with Crippen molar-refractivity contribution in [1.29, 1.82) is 0 Å². The Hall–Kier alpha value is -5.25. The second-order valence-corrected chi connectivity index (χ2v) is 9.06. The zero-order valence-electron chi connectivity index (χ0n) is 20.7. The molecule has 4 aromatic rings. The maximum Gasteiger partial charge on any atom is 0.335 e. The average molecular weight is 525 g/mol. The third-order valence-corrected chi connectivity index (χ3v) is 6.54. The second-order valence-electron chi connectivity index (χ2n) is 9.06. The number of carbonyl (C=O) groups excluding carboxylic acids is 2. The number of nitrogens with one attached hydrogen (secondary N) is 1. The van der Waals surface area contributed by atoms with E-state index in [0.29, 0.717) is 24.5 Å². The number of nitrogens with zero attached hydrogens (tertiary/aromatic N) is 3. The summed E-state index contributed by atoms with van der Waals surface area (Å²) in [6.45, 7) is 0.834. The summed E-state index contributed by atoms with van der Waals surface area (Å²) in [5.74, 6) is -2.44. The van der Waals surface area contributed by atoms with Crippen molar-refractivity contribution in [3.05, 3.63) is 124 Å². The van der Waals surface area contributed by atoms with Gasteiger partial charge in [-0.25, -0.2) is 14.6 Å². The van der Waals surface area contributed by atoms with Crippen molar-refractivity contribution in [2.45, 2.75) is 19.1 Å². The number of hydrogen-bond donors (Lipinski definition) is 3. The number of aromatic carboxylic acids is 2. The van der Waals surface area contributed by atoms with Crippen molar-refractivity contribution in [3.63, 3.8) is 0 Å². The highest BCUT2D eigenvalue weighted by Gasteiger charge is 2.35. The fourth-order valence-electron chi connectivity index (χ4n) is 4.64. The van der Waals surface area contributed by atoms with Gasteiger partial charge >= 0.3 is 11.9 Å². The van der Waals surface area contributed by atoms with Gasteiger partial charge in [-0.2, -0.15) is 0 Å². The first kappa shape index (κ1) is 25.4. The lowest BCUT2D eigenvalue weighted by molar-refractivity contribution is 0.0656. The summed E-state index contributed by atoms with van der Waals surface area (Å²) in [7, 11) is 0. The first-order chi connectivity index (χ1) is 18.8. The van der Waals surface area contributed by atoms with E-state index in [-0.39, 0.29) is 34.8 Å². The van der Waals surface area contributed by atoms with Gasteiger partial charge in [0, 0.05) is 31.4 Å². The summed E-state index contributed by atoms with van der Waals surface area (Å²) in [6, 6.07) is 20.9. The summed E-state index contributed by atoms with van der Waals surface area (Å²) in [6.07, 6.45) is 1.64. The highest BCUT2D eigenvalue weighted by atomic mass is 16.4. The average Bonchev–Trinajstić information content (AvgIpc) is 3.40. The predicted molar refractivity (Wildman–Crippen MR) is 140 cm³/mol. The van der Waals surface area contributed by atoms with E-state index < -0.39 is 23.9 Å². The lowest BCUT2D eigenvalue weighted by Crippen LogP contribution is -2.42. The van der Waals surface area contributed by atoms with Crippen LogP contribution >= 0.6 is 0 Å². The molecule has 0 saturated carbocycles. The number of imidazole rings is 1. The van der Waals surface area contributed by atoms with E-state index >= 15 is 0 Å². The van der Waals surface area contributed by atoms with Crippen LogP contribution < -0.4 is 5.32 Å². The van der Waals surface area contributed by atoms with Crippen LogP contribution in [-0.4, -0.2) is 55.0 Å². The number of rotatable bonds is 7. The monoisotopic (exact) mass is 524 g/mol. The van der Waals surface area contributed by atoms with Crippen molar-refractivity contribution in [2.24, 2.45) is 0 Å². The van der Waals surface area contributed by atoms with Crippen LogP contribution in [0, 0.1) is 0 Å². The van der Waals surface area contributed by atoms with Crippen LogP contribution in [0.4, 0.5) is 0 Å². The van der Waals surface area contributed by atoms with E-state index in [2.05, 4.69) is 10.3 Å². The normalized spacial score (nSPS) is 14.4. The van der Waals surface area contributed by atoms with E-state index in [4.69, 9.17) is 0 Å². The van der Waals surface area contributed by atoms with E-state index in [1.165, 1.54) is 30.3 Å². The molecule has 5 rings (SSSR count). The fraction of sp³-hybridized carbons (Fsp3) is 0.138. The predicted octanol–water partition coefficient (Wildman–Crippen LogP) is 3.45. The highest BCUT2D eigenvalue weighted by molar-refractivity contribution is 5.98. The number of fused-ring (bicyclic) bond motifs is 1. The van der Waals surface area contributed by atoms with E-state index in [1.807, 2.05) is 34.9 Å². The van der Waals surface area contributed by atoms with Crippen LogP contribution in [0.3, 0.4) is 0 Å². The Bertz CT molecular complexity index is 1580. The minimum Gasteiger partial charge on any atom is -0.478 e. The molecule has 1 aliphatic rings. The van der Waals surface area contributed by atoms with Gasteiger partial charge in [-0.05, 0) is 41.5 Å². The molecule has 0 spiro atoms. The van der Waals surface area contributed by atoms with Crippen LogP contribution in [0.1, 0.15) is 64.6 Å². The number of carboxylic acid groups (broad SMARTS) is 2. The Morgan fingerprint density at radius 1 is 0.821 bits per heavy atom. The Morgan fingerprint density at radius 2 is 1.49 bits per heavy atom. The molecule has 1 aliphatic heterocycles. The summed E-state index contributed by atoms with van der Waals surface area (Å²) < 4.78 is 1.84. The SMILES string of the molecule is O=C(O)c1cccc(CNC(=O)c2cn3c(n2)C(c2ccccc2)N(C(=O)c2cccc(C(=O)O)c2)CC3)c1. The largest absolute Gasteiger partial charge is 0.478 e. The number of carboxylic acids is 2. The molecule has 1 atom stereocenters. The van der Waals surface area contributed by atoms with Gasteiger partial charge < -0.3 is 25.0 Å². The van der Waals surface area contributed by atoms with Crippen LogP contribution in [0.2, 0.25) is 0 Å². The molecular weight excluding hydrogens is 500 g/mol. The molecule has 10 nitrogen and oxygen atoms in total. The summed E-state index contributed by atoms with van der Waals surface area (Å²) >= 11 is 0. The van der Waals surface area contributed by atoms with Crippen LogP contribution in [-0.2, 0) is 13.1 Å². The number of carbonyl (C=O) groups is 4. The zero-order chi connectivity index (χ0) is 27.5. The van der Waals surface area contributed by atoms with Gasteiger partial charge in [0.1, 0.15) is 17.6 Å². The van der Waals surface area contributed by atoms with Gasteiger partial charge in [-0.15, -0.1) is 0 Å². The van der Waals surface area contributed by atoms with Gasteiger partial charge in [0.05, 0.1) is 11.1 Å². The van der Waals surface area contributed by atoms with Crippen LogP contribution in [0.25, 0.3) is 0 Å². The zero-order valence-corrected chi connectivity index (χ0v) is 20.7. The first-order valence-electron chi connectivity index (χ1n) is 12.2. The highest BCUT2D eigenvalue weighted by Crippen LogP contribution is 2.33.